The van der Waals surface area contributed by atoms with Crippen molar-refractivity contribution in [3.8, 4) is 0 Å². The number of ether oxygens (including phenoxy) is 1. The Bertz CT molecular complexity index is 679. The zero-order valence-electron chi connectivity index (χ0n) is 17.8. The lowest BCUT2D eigenvalue weighted by Gasteiger charge is -2.32. The fourth-order valence-electron chi connectivity index (χ4n) is 2.84. The Hall–Kier alpha value is -1.63. The predicted molar refractivity (Wildman–Crippen MR) is 109 cm³/mol. The van der Waals surface area contributed by atoms with Crippen molar-refractivity contribution in [3.63, 3.8) is 0 Å². The first-order valence-corrected chi connectivity index (χ1v) is 9.42. The van der Waals surface area contributed by atoms with Gasteiger partial charge in [0.15, 0.2) is 0 Å². The molecule has 0 bridgehead atoms. The van der Waals surface area contributed by atoms with Crippen molar-refractivity contribution in [1.82, 2.24) is 0 Å². The van der Waals surface area contributed by atoms with Crippen molar-refractivity contribution in [1.29, 1.82) is 0 Å². The van der Waals surface area contributed by atoms with Crippen molar-refractivity contribution < 1.29 is 23.3 Å². The molecule has 5 nitrogen and oxygen atoms in total. The largest absolute Gasteiger partial charge is 0.494 e. The summed E-state index contributed by atoms with van der Waals surface area (Å²) in [5.74, 6) is -0.332. The molecular weight excluding hydrogens is 341 g/mol. The highest BCUT2D eigenvalue weighted by Crippen LogP contribution is 2.36. The number of likely N-dealkylation sites (N-methyl/N-ethyl adjacent to an activating group) is 1. The van der Waals surface area contributed by atoms with Crippen LogP contribution in [-0.4, -0.2) is 56.0 Å². The van der Waals surface area contributed by atoms with E-state index < -0.39 is 0 Å². The number of quaternary nitrogens is 1. The summed E-state index contributed by atoms with van der Waals surface area (Å²) in [4.78, 5) is 11.5. The molecule has 0 amide bonds. The minimum Gasteiger partial charge on any atom is -0.456 e. The van der Waals surface area contributed by atoms with Gasteiger partial charge in [-0.3, -0.25) is 0 Å². The normalized spacial score (nSPS) is 18.4. The van der Waals surface area contributed by atoms with E-state index in [-0.39, 0.29) is 24.3 Å². The molecule has 2 rings (SSSR count). The fraction of sp³-hybridized carbons (Fsp3) is 0.571. The van der Waals surface area contributed by atoms with Crippen LogP contribution in [0.4, 0.5) is 0 Å². The summed E-state index contributed by atoms with van der Waals surface area (Å²) < 4.78 is 18.1. The van der Waals surface area contributed by atoms with E-state index >= 15 is 0 Å². The Kier molecular flexibility index (Phi) is 6.24. The number of benzene rings is 1. The standard InChI is InChI=1S/C21H33BNO4/c1-16(2)19(24)25-14-13-23(7,8)15-17-9-11-18(12-10-17)22-26-20(3,4)21(5,6)27-22/h9-12H,1,13-15H2,2-8H3/q+1. The van der Waals surface area contributed by atoms with Crippen LogP contribution < -0.4 is 5.46 Å². The maximum Gasteiger partial charge on any atom is 0.494 e. The van der Waals surface area contributed by atoms with Crippen LogP contribution in [0.25, 0.3) is 0 Å². The quantitative estimate of drug-likeness (QED) is 0.319. The summed E-state index contributed by atoms with van der Waals surface area (Å²) in [6, 6.07) is 8.36. The zero-order chi connectivity index (χ0) is 20.5. The first kappa shape index (κ1) is 21.7. The summed E-state index contributed by atoms with van der Waals surface area (Å²) in [6.07, 6.45) is 0. The molecule has 0 aliphatic carbocycles. The van der Waals surface area contributed by atoms with Gasteiger partial charge in [0.1, 0.15) is 19.7 Å². The highest BCUT2D eigenvalue weighted by Gasteiger charge is 2.51. The van der Waals surface area contributed by atoms with Gasteiger partial charge in [-0.2, -0.15) is 0 Å². The highest BCUT2D eigenvalue weighted by molar-refractivity contribution is 6.62. The number of hydrogen-bond acceptors (Lipinski definition) is 4. The van der Waals surface area contributed by atoms with E-state index in [1.807, 2.05) is 0 Å². The summed E-state index contributed by atoms with van der Waals surface area (Å²) >= 11 is 0. The lowest BCUT2D eigenvalue weighted by Crippen LogP contribution is -2.42. The third-order valence-electron chi connectivity index (χ3n) is 5.39. The van der Waals surface area contributed by atoms with E-state index in [0.29, 0.717) is 12.2 Å². The van der Waals surface area contributed by atoms with Gasteiger partial charge in [-0.15, -0.1) is 0 Å². The van der Waals surface area contributed by atoms with Gasteiger partial charge in [-0.05, 0) is 40.1 Å². The van der Waals surface area contributed by atoms with E-state index in [9.17, 15) is 4.79 Å². The molecule has 0 unspecified atom stereocenters. The van der Waals surface area contributed by atoms with Gasteiger partial charge in [0.25, 0.3) is 0 Å². The third kappa shape index (κ3) is 5.44. The third-order valence-corrected chi connectivity index (χ3v) is 5.39. The monoisotopic (exact) mass is 374 g/mol. The molecule has 1 heterocycles. The summed E-state index contributed by atoms with van der Waals surface area (Å²) in [7, 11) is 3.90. The van der Waals surface area contributed by atoms with Gasteiger partial charge < -0.3 is 18.5 Å². The summed E-state index contributed by atoms with van der Waals surface area (Å²) in [5, 5.41) is 0. The van der Waals surface area contributed by atoms with Crippen molar-refractivity contribution in [2.45, 2.75) is 52.4 Å². The zero-order valence-corrected chi connectivity index (χ0v) is 17.8. The average molecular weight is 374 g/mol. The van der Waals surface area contributed by atoms with Gasteiger partial charge in [0.05, 0.1) is 25.3 Å². The molecule has 148 valence electrons. The van der Waals surface area contributed by atoms with Gasteiger partial charge in [-0.1, -0.05) is 30.8 Å². The molecular formula is C21H33BNO4+. The van der Waals surface area contributed by atoms with E-state index in [2.05, 4.69) is 72.6 Å². The molecule has 1 aromatic carbocycles. The van der Waals surface area contributed by atoms with Gasteiger partial charge >= 0.3 is 13.1 Å². The maximum atomic E-state index is 11.5. The molecule has 0 N–H and O–H groups in total. The minimum atomic E-state index is -0.340. The topological polar surface area (TPSA) is 44.8 Å². The Labute approximate surface area is 164 Å². The maximum absolute atomic E-state index is 11.5. The molecule has 0 atom stereocenters. The molecule has 1 fully saturated rings. The number of carbonyl (C=O) groups excluding carboxylic acids is 1. The first-order valence-electron chi connectivity index (χ1n) is 9.42. The van der Waals surface area contributed by atoms with Gasteiger partial charge in [0.2, 0.25) is 0 Å². The second-order valence-corrected chi connectivity index (χ2v) is 9.06. The van der Waals surface area contributed by atoms with E-state index in [1.54, 1.807) is 6.92 Å². The van der Waals surface area contributed by atoms with Crippen LogP contribution in [-0.2, 0) is 25.4 Å². The molecule has 1 aromatic rings. The van der Waals surface area contributed by atoms with Crippen LogP contribution in [0.2, 0.25) is 0 Å². The number of carbonyl (C=O) groups is 1. The molecule has 6 heteroatoms. The number of nitrogens with zero attached hydrogens (tertiary/aromatic N) is 1. The Morgan fingerprint density at radius 2 is 1.63 bits per heavy atom. The smallest absolute Gasteiger partial charge is 0.456 e. The SMILES string of the molecule is C=C(C)C(=O)OCC[N+](C)(C)Cc1ccc(B2OC(C)(C)C(C)(C)O2)cc1. The Balaban J connectivity index is 1.93. The van der Waals surface area contributed by atoms with Gasteiger partial charge in [0, 0.05) is 11.1 Å². The molecule has 1 aliphatic rings. The van der Waals surface area contributed by atoms with Crippen LogP contribution >= 0.6 is 0 Å². The number of rotatable bonds is 7. The van der Waals surface area contributed by atoms with Crippen LogP contribution in [0.1, 0.15) is 40.2 Å². The lowest BCUT2D eigenvalue weighted by molar-refractivity contribution is -0.903. The van der Waals surface area contributed by atoms with Crippen molar-refractivity contribution in [2.75, 3.05) is 27.2 Å². The second kappa shape index (κ2) is 7.78. The molecule has 0 aromatic heterocycles. The second-order valence-electron chi connectivity index (χ2n) is 9.06. The van der Waals surface area contributed by atoms with E-state index in [1.165, 1.54) is 5.56 Å². The lowest BCUT2D eigenvalue weighted by atomic mass is 9.79. The predicted octanol–water partition coefficient (Wildman–Crippen LogP) is 2.68. The Morgan fingerprint density at radius 3 is 2.11 bits per heavy atom. The van der Waals surface area contributed by atoms with E-state index in [4.69, 9.17) is 14.0 Å². The molecule has 0 saturated carbocycles. The molecule has 1 saturated heterocycles. The minimum absolute atomic E-state index is 0.332. The molecule has 0 spiro atoms. The average Bonchev–Trinajstić information content (AvgIpc) is 2.75. The van der Waals surface area contributed by atoms with Crippen LogP contribution in [0.5, 0.6) is 0 Å². The molecule has 1 aliphatic heterocycles. The highest BCUT2D eigenvalue weighted by atomic mass is 16.7. The molecule has 27 heavy (non-hydrogen) atoms. The van der Waals surface area contributed by atoms with E-state index in [0.717, 1.165) is 23.0 Å². The van der Waals surface area contributed by atoms with Crippen LogP contribution in [0.3, 0.4) is 0 Å². The summed E-state index contributed by atoms with van der Waals surface area (Å²) in [5.41, 5.74) is 2.00. The van der Waals surface area contributed by atoms with Crippen LogP contribution in [0, 0.1) is 0 Å². The Morgan fingerprint density at radius 1 is 1.11 bits per heavy atom. The first-order chi connectivity index (χ1) is 12.3. The fourth-order valence-corrected chi connectivity index (χ4v) is 2.84. The van der Waals surface area contributed by atoms with Crippen molar-refractivity contribution in [2.24, 2.45) is 0 Å². The van der Waals surface area contributed by atoms with Gasteiger partial charge in [-0.25, -0.2) is 4.79 Å². The number of esters is 1. The molecule has 0 radical (unpaired) electrons. The van der Waals surface area contributed by atoms with Crippen LogP contribution in [0.15, 0.2) is 36.4 Å². The summed E-state index contributed by atoms with van der Waals surface area (Å²) in [6.45, 7) is 15.4. The van der Waals surface area contributed by atoms with Crippen molar-refractivity contribution >= 4 is 18.6 Å². The van der Waals surface area contributed by atoms with Crippen molar-refractivity contribution in [3.05, 3.63) is 42.0 Å². The number of hydrogen-bond donors (Lipinski definition) is 0.